The molecule has 0 bridgehead atoms. The Hall–Kier alpha value is -3.76. The van der Waals surface area contributed by atoms with Gasteiger partial charge in [-0.05, 0) is 55.5 Å². The van der Waals surface area contributed by atoms with Gasteiger partial charge in [0.1, 0.15) is 5.69 Å². The van der Waals surface area contributed by atoms with Crippen LogP contribution in [0.3, 0.4) is 0 Å². The first-order valence-electron chi connectivity index (χ1n) is 10.3. The molecule has 31 heavy (non-hydrogen) atoms. The van der Waals surface area contributed by atoms with Gasteiger partial charge in [-0.1, -0.05) is 72.4 Å². The van der Waals surface area contributed by atoms with Gasteiger partial charge in [-0.25, -0.2) is 0 Å². The second-order valence-corrected chi connectivity index (χ2v) is 7.89. The number of imidazole rings is 1. The minimum absolute atomic E-state index is 0.678. The van der Waals surface area contributed by atoms with E-state index in [4.69, 9.17) is 12.2 Å². The smallest absolute Gasteiger partial charge is 0.299 e. The lowest BCUT2D eigenvalue weighted by Crippen LogP contribution is -2.22. The maximum atomic E-state index is 5.96. The molecular weight excluding hydrogens is 398 g/mol. The topological polar surface area (TPSA) is 21.1 Å². The fourth-order valence-electron chi connectivity index (χ4n) is 3.88. The summed E-state index contributed by atoms with van der Waals surface area (Å²) in [5.41, 5.74) is 6.40. The van der Waals surface area contributed by atoms with E-state index in [1.54, 1.807) is 0 Å². The Morgan fingerprint density at radius 1 is 0.774 bits per heavy atom. The SMILES string of the molecule is Cc1ccc(-n2c(C(=S)Nc3ccccc3)c3cccc[n+]3c2-c2ccccc2)cc1. The summed E-state index contributed by atoms with van der Waals surface area (Å²) in [6.07, 6.45) is 2.09. The summed E-state index contributed by atoms with van der Waals surface area (Å²) >= 11 is 5.96. The Bertz CT molecular complexity index is 1350. The van der Waals surface area contributed by atoms with E-state index in [1.807, 2.05) is 36.4 Å². The molecule has 2 heterocycles. The zero-order valence-corrected chi connectivity index (χ0v) is 18.0. The number of anilines is 1. The predicted molar refractivity (Wildman–Crippen MR) is 131 cm³/mol. The number of thiocarbonyl (C=S) groups is 1. The second-order valence-electron chi connectivity index (χ2n) is 7.49. The molecule has 5 rings (SSSR count). The average Bonchev–Trinajstić information content (AvgIpc) is 3.16. The van der Waals surface area contributed by atoms with Crippen molar-refractivity contribution in [2.75, 3.05) is 5.32 Å². The summed E-state index contributed by atoms with van der Waals surface area (Å²) in [6, 6.07) is 35.3. The number of hydrogen-bond donors (Lipinski definition) is 1. The van der Waals surface area contributed by atoms with Crippen LogP contribution in [-0.2, 0) is 0 Å². The molecule has 0 fully saturated rings. The largest absolute Gasteiger partial charge is 0.343 e. The first-order valence-corrected chi connectivity index (χ1v) is 10.7. The molecule has 3 aromatic carbocycles. The molecule has 0 radical (unpaired) electrons. The van der Waals surface area contributed by atoms with Gasteiger partial charge in [0, 0.05) is 5.69 Å². The van der Waals surface area contributed by atoms with E-state index in [0.717, 1.165) is 34.0 Å². The number of fused-ring (bicyclic) bond motifs is 1. The lowest BCUT2D eigenvalue weighted by Gasteiger charge is -2.09. The molecule has 0 aliphatic rings. The first-order chi connectivity index (χ1) is 15.2. The normalized spacial score (nSPS) is 10.9. The molecule has 0 spiro atoms. The number of benzene rings is 3. The quantitative estimate of drug-likeness (QED) is 0.285. The van der Waals surface area contributed by atoms with Crippen molar-refractivity contribution < 1.29 is 4.40 Å². The van der Waals surface area contributed by atoms with E-state index in [9.17, 15) is 0 Å². The van der Waals surface area contributed by atoms with Crippen molar-refractivity contribution in [1.82, 2.24) is 4.57 Å². The van der Waals surface area contributed by atoms with Gasteiger partial charge in [0.25, 0.3) is 5.82 Å². The minimum Gasteiger partial charge on any atom is -0.343 e. The second kappa shape index (κ2) is 8.17. The summed E-state index contributed by atoms with van der Waals surface area (Å²) in [4.78, 5) is 0.678. The molecule has 0 aliphatic carbocycles. The zero-order chi connectivity index (χ0) is 21.2. The number of nitrogens with one attached hydrogen (secondary N) is 1. The van der Waals surface area contributed by atoms with Crippen molar-refractivity contribution in [3.8, 4) is 17.1 Å². The maximum absolute atomic E-state index is 5.96. The van der Waals surface area contributed by atoms with Crippen LogP contribution in [0.2, 0.25) is 0 Å². The Morgan fingerprint density at radius 2 is 1.42 bits per heavy atom. The van der Waals surface area contributed by atoms with Crippen molar-refractivity contribution in [2.24, 2.45) is 0 Å². The van der Waals surface area contributed by atoms with E-state index in [2.05, 4.69) is 94.1 Å². The summed E-state index contributed by atoms with van der Waals surface area (Å²) in [5.74, 6) is 1.06. The Labute approximate surface area is 187 Å². The molecule has 2 aromatic heterocycles. The fourth-order valence-corrected chi connectivity index (χ4v) is 4.19. The highest BCUT2D eigenvalue weighted by Gasteiger charge is 2.30. The average molecular weight is 421 g/mol. The molecule has 0 amide bonds. The third kappa shape index (κ3) is 3.62. The van der Waals surface area contributed by atoms with Crippen LogP contribution in [0, 0.1) is 6.92 Å². The van der Waals surface area contributed by atoms with Gasteiger partial charge < -0.3 is 5.32 Å². The minimum atomic E-state index is 0.678. The van der Waals surface area contributed by atoms with Gasteiger partial charge in [-0.3, -0.25) is 0 Å². The molecule has 0 saturated carbocycles. The van der Waals surface area contributed by atoms with Crippen molar-refractivity contribution in [2.45, 2.75) is 6.92 Å². The number of aromatic nitrogens is 2. The highest BCUT2D eigenvalue weighted by atomic mass is 32.1. The summed E-state index contributed by atoms with van der Waals surface area (Å²) in [5, 5.41) is 3.43. The lowest BCUT2D eigenvalue weighted by atomic mass is 10.2. The predicted octanol–water partition coefficient (Wildman–Crippen LogP) is 5.98. The molecule has 5 aromatic rings. The molecular formula is C27H22N3S+. The standard InChI is InChI=1S/C27H21N3S/c1-20-15-17-23(18-16-20)30-25(26(31)28-22-12-6-3-7-13-22)24-14-8-9-19-29(24)27(30)21-10-4-2-5-11-21/h2-19H,1H3/p+1. The van der Waals surface area contributed by atoms with E-state index in [-0.39, 0.29) is 0 Å². The van der Waals surface area contributed by atoms with Gasteiger partial charge in [-0.15, -0.1) is 0 Å². The number of aryl methyl sites for hydroxylation is 1. The zero-order valence-electron chi connectivity index (χ0n) is 17.2. The van der Waals surface area contributed by atoms with Crippen LogP contribution >= 0.6 is 12.2 Å². The number of hydrogen-bond acceptors (Lipinski definition) is 1. The number of pyridine rings is 1. The van der Waals surface area contributed by atoms with Crippen LogP contribution in [0.25, 0.3) is 22.6 Å². The monoisotopic (exact) mass is 420 g/mol. The van der Waals surface area contributed by atoms with Crippen LogP contribution in [0.4, 0.5) is 5.69 Å². The van der Waals surface area contributed by atoms with Crippen molar-refractivity contribution in [1.29, 1.82) is 0 Å². The third-order valence-corrected chi connectivity index (χ3v) is 5.63. The summed E-state index contributed by atoms with van der Waals surface area (Å²) < 4.78 is 4.46. The molecule has 0 aliphatic heterocycles. The Kier molecular flexibility index (Phi) is 5.06. The van der Waals surface area contributed by atoms with Gasteiger partial charge in [0.15, 0.2) is 10.5 Å². The van der Waals surface area contributed by atoms with E-state index >= 15 is 0 Å². The highest BCUT2D eigenvalue weighted by Crippen LogP contribution is 2.27. The number of rotatable bonds is 4. The molecule has 0 saturated heterocycles. The molecule has 150 valence electrons. The van der Waals surface area contributed by atoms with Gasteiger partial charge in [0.2, 0.25) is 5.69 Å². The molecule has 1 N–H and O–H groups in total. The van der Waals surface area contributed by atoms with Gasteiger partial charge >= 0.3 is 0 Å². The molecule has 0 atom stereocenters. The van der Waals surface area contributed by atoms with Crippen molar-refractivity contribution in [3.05, 3.63) is 121 Å². The van der Waals surface area contributed by atoms with Crippen LogP contribution < -0.4 is 9.72 Å². The van der Waals surface area contributed by atoms with Gasteiger partial charge in [0.05, 0.1) is 11.8 Å². The van der Waals surface area contributed by atoms with Crippen molar-refractivity contribution >= 4 is 28.4 Å². The van der Waals surface area contributed by atoms with E-state index in [0.29, 0.717) is 4.99 Å². The molecule has 4 heteroatoms. The number of para-hydroxylation sites is 1. The molecule has 3 nitrogen and oxygen atoms in total. The Morgan fingerprint density at radius 3 is 2.13 bits per heavy atom. The molecule has 0 unspecified atom stereocenters. The lowest BCUT2D eigenvalue weighted by molar-refractivity contribution is -0.499. The number of nitrogens with zero attached hydrogens (tertiary/aromatic N) is 2. The summed E-state index contributed by atoms with van der Waals surface area (Å²) in [7, 11) is 0. The van der Waals surface area contributed by atoms with Gasteiger partial charge in [-0.2, -0.15) is 8.97 Å². The van der Waals surface area contributed by atoms with Crippen LogP contribution in [-0.4, -0.2) is 9.56 Å². The van der Waals surface area contributed by atoms with E-state index < -0.39 is 0 Å². The third-order valence-electron chi connectivity index (χ3n) is 5.34. The van der Waals surface area contributed by atoms with Crippen molar-refractivity contribution in [3.63, 3.8) is 0 Å². The van der Waals surface area contributed by atoms with Crippen LogP contribution in [0.1, 0.15) is 11.3 Å². The first kappa shape index (κ1) is 19.2. The summed E-state index contributed by atoms with van der Waals surface area (Å²) in [6.45, 7) is 2.10. The highest BCUT2D eigenvalue weighted by molar-refractivity contribution is 7.81. The van der Waals surface area contributed by atoms with E-state index in [1.165, 1.54) is 5.56 Å². The fraction of sp³-hybridized carbons (Fsp3) is 0.0370. The van der Waals surface area contributed by atoms with Crippen LogP contribution in [0.5, 0.6) is 0 Å². The Balaban J connectivity index is 1.80. The maximum Gasteiger partial charge on any atom is 0.299 e. The van der Waals surface area contributed by atoms with Crippen LogP contribution in [0.15, 0.2) is 109 Å².